The molecule has 0 saturated heterocycles. The van der Waals surface area contributed by atoms with Crippen molar-refractivity contribution in [2.24, 2.45) is 0 Å². The number of thiazole rings is 1. The van der Waals surface area contributed by atoms with Gasteiger partial charge in [0.1, 0.15) is 10.7 Å². The fourth-order valence-corrected chi connectivity index (χ4v) is 4.48. The Bertz CT molecular complexity index is 1390. The van der Waals surface area contributed by atoms with E-state index in [1.165, 1.54) is 11.3 Å². The minimum Gasteiger partial charge on any atom is -0.383 e. The van der Waals surface area contributed by atoms with Crippen molar-refractivity contribution in [1.82, 2.24) is 14.5 Å². The van der Waals surface area contributed by atoms with E-state index in [0.29, 0.717) is 24.5 Å². The van der Waals surface area contributed by atoms with Gasteiger partial charge in [0.05, 0.1) is 17.8 Å². The van der Waals surface area contributed by atoms with Crippen molar-refractivity contribution in [2.75, 3.05) is 19.0 Å². The first kappa shape index (κ1) is 19.4. The van der Waals surface area contributed by atoms with E-state index >= 15 is 0 Å². The topological polar surface area (TPSA) is 69.0 Å². The number of carbonyl (C=O) groups excluding carboxylic acids is 1. The number of anilines is 1. The molecule has 31 heavy (non-hydrogen) atoms. The van der Waals surface area contributed by atoms with Gasteiger partial charge in [-0.3, -0.25) is 9.78 Å². The number of amides is 1. The van der Waals surface area contributed by atoms with E-state index in [1.807, 2.05) is 42.5 Å². The zero-order chi connectivity index (χ0) is 21.2. The molecule has 0 aliphatic rings. The van der Waals surface area contributed by atoms with E-state index < -0.39 is 0 Å². The van der Waals surface area contributed by atoms with Crippen molar-refractivity contribution >= 4 is 44.7 Å². The highest BCUT2D eigenvalue weighted by Crippen LogP contribution is 2.31. The number of fused-ring (bicyclic) bond motifs is 2. The van der Waals surface area contributed by atoms with Gasteiger partial charge in [0, 0.05) is 47.2 Å². The predicted octanol–water partition coefficient (Wildman–Crippen LogP) is 5.21. The summed E-state index contributed by atoms with van der Waals surface area (Å²) < 4.78 is 7.48. The molecule has 5 aromatic rings. The number of hydrogen-bond acceptors (Lipinski definition) is 5. The summed E-state index contributed by atoms with van der Waals surface area (Å²) in [5.41, 5.74) is 4.11. The average molecular weight is 429 g/mol. The SMILES string of the molecule is COCCn1c(-c2nc(C(=O)Nc3ccc4ncccc4c3)cs2)cc2ccccc21. The van der Waals surface area contributed by atoms with Crippen LogP contribution in [0.4, 0.5) is 5.69 Å². The number of carbonyl (C=O) groups is 1. The largest absolute Gasteiger partial charge is 0.383 e. The molecule has 0 aliphatic heterocycles. The molecule has 5 rings (SSSR count). The second-order valence-corrected chi connectivity index (χ2v) is 7.99. The van der Waals surface area contributed by atoms with Crippen molar-refractivity contribution < 1.29 is 9.53 Å². The maximum atomic E-state index is 12.8. The fraction of sp³-hybridized carbons (Fsp3) is 0.125. The first-order valence-corrected chi connectivity index (χ1v) is 10.8. The van der Waals surface area contributed by atoms with E-state index in [4.69, 9.17) is 4.74 Å². The van der Waals surface area contributed by atoms with E-state index in [1.54, 1.807) is 18.7 Å². The molecule has 0 radical (unpaired) electrons. The number of hydrogen-bond donors (Lipinski definition) is 1. The van der Waals surface area contributed by atoms with Gasteiger partial charge in [-0.15, -0.1) is 11.3 Å². The summed E-state index contributed by atoms with van der Waals surface area (Å²) >= 11 is 1.46. The van der Waals surface area contributed by atoms with Crippen LogP contribution in [0, 0.1) is 0 Å². The van der Waals surface area contributed by atoms with E-state index in [0.717, 1.165) is 32.5 Å². The quantitative estimate of drug-likeness (QED) is 0.403. The molecule has 6 nitrogen and oxygen atoms in total. The highest BCUT2D eigenvalue weighted by Gasteiger charge is 2.17. The van der Waals surface area contributed by atoms with Gasteiger partial charge in [-0.2, -0.15) is 0 Å². The Balaban J connectivity index is 1.43. The molecule has 2 aromatic carbocycles. The third-order valence-corrected chi connectivity index (χ3v) is 6.01. The Kier molecular flexibility index (Phi) is 5.19. The van der Waals surface area contributed by atoms with Gasteiger partial charge < -0.3 is 14.6 Å². The van der Waals surface area contributed by atoms with Crippen molar-refractivity contribution in [1.29, 1.82) is 0 Å². The highest BCUT2D eigenvalue weighted by atomic mass is 32.1. The predicted molar refractivity (Wildman–Crippen MR) is 125 cm³/mol. The lowest BCUT2D eigenvalue weighted by molar-refractivity contribution is 0.102. The van der Waals surface area contributed by atoms with Crippen LogP contribution in [0.15, 0.2) is 72.2 Å². The van der Waals surface area contributed by atoms with Crippen molar-refractivity contribution in [3.8, 4) is 10.7 Å². The smallest absolute Gasteiger partial charge is 0.275 e. The molecule has 3 aromatic heterocycles. The van der Waals surface area contributed by atoms with Gasteiger partial charge in [-0.25, -0.2) is 4.98 Å². The van der Waals surface area contributed by atoms with Crippen LogP contribution in [0.5, 0.6) is 0 Å². The van der Waals surface area contributed by atoms with Gasteiger partial charge in [-0.05, 0) is 36.4 Å². The molecule has 1 amide bonds. The number of pyridine rings is 1. The molecular formula is C24H20N4O2S. The van der Waals surface area contributed by atoms with Crippen LogP contribution >= 0.6 is 11.3 Å². The lowest BCUT2D eigenvalue weighted by Gasteiger charge is -2.08. The van der Waals surface area contributed by atoms with Crippen LogP contribution in [0.2, 0.25) is 0 Å². The molecular weight excluding hydrogens is 408 g/mol. The number of nitrogens with one attached hydrogen (secondary N) is 1. The summed E-state index contributed by atoms with van der Waals surface area (Å²) in [7, 11) is 1.69. The summed E-state index contributed by atoms with van der Waals surface area (Å²) in [6, 6.07) is 19.8. The van der Waals surface area contributed by atoms with Crippen LogP contribution < -0.4 is 5.32 Å². The average Bonchev–Trinajstić information content (AvgIpc) is 3.42. The highest BCUT2D eigenvalue weighted by molar-refractivity contribution is 7.13. The zero-order valence-corrected chi connectivity index (χ0v) is 17.7. The molecule has 0 atom stereocenters. The van der Waals surface area contributed by atoms with Crippen molar-refractivity contribution in [3.05, 3.63) is 77.9 Å². The molecule has 0 unspecified atom stereocenters. The Morgan fingerprint density at radius 2 is 1.97 bits per heavy atom. The molecule has 1 N–H and O–H groups in total. The normalized spacial score (nSPS) is 11.3. The molecule has 0 saturated carbocycles. The van der Waals surface area contributed by atoms with Gasteiger partial charge >= 0.3 is 0 Å². The summed E-state index contributed by atoms with van der Waals surface area (Å²) in [6.07, 6.45) is 1.75. The molecule has 7 heteroatoms. The Labute approximate surface area is 183 Å². The number of para-hydroxylation sites is 1. The van der Waals surface area contributed by atoms with Gasteiger partial charge in [-0.1, -0.05) is 24.3 Å². The summed E-state index contributed by atoms with van der Waals surface area (Å²) in [4.78, 5) is 21.8. The second kappa shape index (κ2) is 8.29. The molecule has 0 aliphatic carbocycles. The maximum absolute atomic E-state index is 12.8. The third-order valence-electron chi connectivity index (χ3n) is 5.15. The molecule has 3 heterocycles. The lowest BCUT2D eigenvalue weighted by Crippen LogP contribution is -2.12. The van der Waals surface area contributed by atoms with Gasteiger partial charge in [0.2, 0.25) is 0 Å². The maximum Gasteiger partial charge on any atom is 0.275 e. The van der Waals surface area contributed by atoms with Crippen molar-refractivity contribution in [3.63, 3.8) is 0 Å². The Morgan fingerprint density at radius 3 is 2.87 bits per heavy atom. The minimum absolute atomic E-state index is 0.231. The molecule has 0 bridgehead atoms. The Morgan fingerprint density at radius 1 is 1.10 bits per heavy atom. The molecule has 0 fully saturated rings. The monoisotopic (exact) mass is 428 g/mol. The first-order valence-electron chi connectivity index (χ1n) is 9.92. The van der Waals surface area contributed by atoms with Crippen LogP contribution in [0.1, 0.15) is 10.5 Å². The van der Waals surface area contributed by atoms with E-state index in [2.05, 4.69) is 38.1 Å². The van der Waals surface area contributed by atoms with Crippen LogP contribution in [0.3, 0.4) is 0 Å². The first-order chi connectivity index (χ1) is 15.2. The van der Waals surface area contributed by atoms with Crippen LogP contribution in [-0.4, -0.2) is 34.2 Å². The summed E-state index contributed by atoms with van der Waals surface area (Å²) in [5.74, 6) is -0.231. The number of methoxy groups -OCH3 is 1. The third kappa shape index (κ3) is 3.81. The van der Waals surface area contributed by atoms with Gasteiger partial charge in [0.15, 0.2) is 0 Å². The second-order valence-electron chi connectivity index (χ2n) is 7.14. The standard InChI is InChI=1S/C24H20N4O2S/c1-30-12-11-28-21-7-3-2-5-17(21)14-22(28)24-27-20(15-31-24)23(29)26-18-8-9-19-16(13-18)6-4-10-25-19/h2-10,13-15H,11-12H2,1H3,(H,26,29). The zero-order valence-electron chi connectivity index (χ0n) is 16.9. The molecule has 154 valence electrons. The fourth-order valence-electron chi connectivity index (χ4n) is 3.66. The van der Waals surface area contributed by atoms with E-state index in [-0.39, 0.29) is 5.91 Å². The number of nitrogens with zero attached hydrogens (tertiary/aromatic N) is 3. The number of benzene rings is 2. The van der Waals surface area contributed by atoms with E-state index in [9.17, 15) is 4.79 Å². The Hall–Kier alpha value is -3.55. The number of rotatable bonds is 6. The summed E-state index contributed by atoms with van der Waals surface area (Å²) in [5, 5.41) is 7.66. The summed E-state index contributed by atoms with van der Waals surface area (Å²) in [6.45, 7) is 1.31. The number of ether oxygens (including phenoxy) is 1. The van der Waals surface area contributed by atoms with Crippen LogP contribution in [0.25, 0.3) is 32.5 Å². The van der Waals surface area contributed by atoms with Crippen molar-refractivity contribution in [2.45, 2.75) is 6.54 Å². The lowest BCUT2D eigenvalue weighted by atomic mass is 10.2. The molecule has 0 spiro atoms. The number of aromatic nitrogens is 3. The minimum atomic E-state index is -0.231. The van der Waals surface area contributed by atoms with Crippen LogP contribution in [-0.2, 0) is 11.3 Å². The van der Waals surface area contributed by atoms with Gasteiger partial charge in [0.25, 0.3) is 5.91 Å².